The predicted octanol–water partition coefficient (Wildman–Crippen LogP) is -4.10. The Balaban J connectivity index is 0.000000640. The van der Waals surface area contributed by atoms with E-state index in [0.717, 1.165) is 16.3 Å². The van der Waals surface area contributed by atoms with E-state index in [1.54, 1.807) is 11.8 Å². The number of hydrogen-bond donors (Lipinski definition) is 2. The SMILES string of the molecule is NC1=[NH+]C(CBr)CS1.[Br-]. The van der Waals surface area contributed by atoms with Crippen molar-refractivity contribution >= 4 is 32.9 Å². The number of nitrogens with two attached hydrogens (primary N) is 1. The van der Waals surface area contributed by atoms with Gasteiger partial charge >= 0.3 is 5.17 Å². The van der Waals surface area contributed by atoms with Crippen LogP contribution in [-0.4, -0.2) is 22.3 Å². The fourth-order valence-corrected chi connectivity index (χ4v) is 2.08. The first-order valence-electron chi connectivity index (χ1n) is 2.40. The summed E-state index contributed by atoms with van der Waals surface area (Å²) in [5, 5.41) is 1.84. The van der Waals surface area contributed by atoms with Gasteiger partial charge in [-0.05, 0) is 11.8 Å². The summed E-state index contributed by atoms with van der Waals surface area (Å²) in [7, 11) is 0. The van der Waals surface area contributed by atoms with E-state index in [4.69, 9.17) is 5.73 Å². The molecule has 54 valence electrons. The largest absolute Gasteiger partial charge is 1.00 e. The van der Waals surface area contributed by atoms with Crippen LogP contribution in [0.4, 0.5) is 0 Å². The molecule has 1 aliphatic heterocycles. The minimum atomic E-state index is 0. The molecule has 2 nitrogen and oxygen atoms in total. The number of nitrogens with one attached hydrogen (secondary N) is 1. The van der Waals surface area contributed by atoms with Crippen LogP contribution in [0, 0.1) is 0 Å². The molecule has 0 amide bonds. The molecule has 1 aliphatic rings. The Bertz CT molecular complexity index is 117. The zero-order valence-corrected chi connectivity index (χ0v) is 8.72. The van der Waals surface area contributed by atoms with Crippen LogP contribution < -0.4 is 27.7 Å². The van der Waals surface area contributed by atoms with Crippen LogP contribution in [0.3, 0.4) is 0 Å². The molecule has 0 spiro atoms. The van der Waals surface area contributed by atoms with Crippen molar-refractivity contribution in [1.29, 1.82) is 0 Å². The average Bonchev–Trinajstić information content (AvgIpc) is 2.14. The standard InChI is InChI=1S/C4H7BrN2S.BrH/c5-1-3-2-8-4(6)7-3;/h3H,1-2H2,(H2,6,7);1H. The van der Waals surface area contributed by atoms with Crippen molar-refractivity contribution in [3.8, 4) is 0 Å². The molecule has 0 aromatic heterocycles. The molecule has 0 bridgehead atoms. The second kappa shape index (κ2) is 4.57. The van der Waals surface area contributed by atoms with Gasteiger partial charge in [0.15, 0.2) is 0 Å². The number of hydrogen-bond acceptors (Lipinski definition) is 2. The molecule has 0 saturated heterocycles. The van der Waals surface area contributed by atoms with Gasteiger partial charge in [0.1, 0.15) is 6.04 Å². The summed E-state index contributed by atoms with van der Waals surface area (Å²) in [6.45, 7) is 0. The predicted molar refractivity (Wildman–Crippen MR) is 40.2 cm³/mol. The molecule has 0 fully saturated rings. The van der Waals surface area contributed by atoms with E-state index in [1.165, 1.54) is 0 Å². The van der Waals surface area contributed by atoms with E-state index in [-0.39, 0.29) is 17.0 Å². The van der Waals surface area contributed by atoms with Gasteiger partial charge in [-0.25, -0.2) is 0 Å². The molecule has 5 heteroatoms. The Hall–Kier alpha value is 0.780. The van der Waals surface area contributed by atoms with Gasteiger partial charge in [0.05, 0.1) is 0 Å². The maximum absolute atomic E-state index is 5.45. The third-order valence-electron chi connectivity index (χ3n) is 0.973. The van der Waals surface area contributed by atoms with Crippen molar-refractivity contribution in [2.24, 2.45) is 5.73 Å². The molecule has 1 atom stereocenters. The number of alkyl halides is 1. The van der Waals surface area contributed by atoms with Gasteiger partial charge < -0.3 is 17.0 Å². The number of rotatable bonds is 1. The minimum absolute atomic E-state index is 0. The lowest BCUT2D eigenvalue weighted by atomic mass is 10.4. The second-order valence-electron chi connectivity index (χ2n) is 1.67. The van der Waals surface area contributed by atoms with Crippen molar-refractivity contribution in [1.82, 2.24) is 0 Å². The molecule has 1 unspecified atom stereocenters. The Morgan fingerprint density at radius 1 is 1.89 bits per heavy atom. The number of amidine groups is 1. The third-order valence-corrected chi connectivity index (χ3v) is 2.75. The zero-order valence-electron chi connectivity index (χ0n) is 4.73. The van der Waals surface area contributed by atoms with Gasteiger partial charge in [-0.3, -0.25) is 10.7 Å². The van der Waals surface area contributed by atoms with Crippen molar-refractivity contribution in [3.63, 3.8) is 0 Å². The second-order valence-corrected chi connectivity index (χ2v) is 3.38. The molecule has 9 heavy (non-hydrogen) atoms. The molecule has 1 rings (SSSR count). The first kappa shape index (κ1) is 9.78. The lowest BCUT2D eigenvalue weighted by molar-refractivity contribution is -0.484. The van der Waals surface area contributed by atoms with Crippen LogP contribution in [0.2, 0.25) is 0 Å². The summed E-state index contributed by atoms with van der Waals surface area (Å²) < 4.78 is 0. The van der Waals surface area contributed by atoms with Crippen LogP contribution in [0.5, 0.6) is 0 Å². The smallest absolute Gasteiger partial charge is 0.302 e. The summed E-state index contributed by atoms with van der Waals surface area (Å²) in [6.07, 6.45) is 0. The van der Waals surface area contributed by atoms with Crippen LogP contribution >= 0.6 is 27.7 Å². The molecule has 0 radical (unpaired) electrons. The summed E-state index contributed by atoms with van der Waals surface area (Å²) in [5.74, 6) is 1.09. The van der Waals surface area contributed by atoms with E-state index >= 15 is 0 Å². The first-order chi connectivity index (χ1) is 3.83. The van der Waals surface area contributed by atoms with Gasteiger partial charge in [-0.1, -0.05) is 15.9 Å². The maximum Gasteiger partial charge on any atom is 0.302 e. The van der Waals surface area contributed by atoms with Gasteiger partial charge in [0, 0.05) is 11.1 Å². The van der Waals surface area contributed by atoms with Gasteiger partial charge in [-0.15, -0.1) is 0 Å². The van der Waals surface area contributed by atoms with E-state index in [9.17, 15) is 0 Å². The van der Waals surface area contributed by atoms with E-state index in [1.807, 2.05) is 0 Å². The normalized spacial score (nSPS) is 25.0. The molecular formula is C4H8Br2N2S. The van der Waals surface area contributed by atoms with Crippen LogP contribution in [0.1, 0.15) is 0 Å². The Morgan fingerprint density at radius 3 is 2.78 bits per heavy atom. The fraction of sp³-hybridized carbons (Fsp3) is 0.750. The van der Waals surface area contributed by atoms with Crippen molar-refractivity contribution < 1.29 is 22.0 Å². The average molecular weight is 276 g/mol. The quantitative estimate of drug-likeness (QED) is 0.478. The Morgan fingerprint density at radius 2 is 2.56 bits per heavy atom. The van der Waals surface area contributed by atoms with Gasteiger partial charge in [-0.2, -0.15) is 0 Å². The molecule has 3 N–H and O–H groups in total. The Labute approximate surface area is 77.6 Å². The van der Waals surface area contributed by atoms with E-state index in [0.29, 0.717) is 6.04 Å². The minimum Gasteiger partial charge on any atom is -1.00 e. The summed E-state index contributed by atoms with van der Waals surface area (Å²) >= 11 is 5.04. The van der Waals surface area contributed by atoms with E-state index < -0.39 is 0 Å². The summed E-state index contributed by atoms with van der Waals surface area (Å²) in [6, 6.07) is 0.542. The highest BCUT2D eigenvalue weighted by molar-refractivity contribution is 9.09. The first-order valence-corrected chi connectivity index (χ1v) is 4.51. The van der Waals surface area contributed by atoms with Crippen LogP contribution in [0.15, 0.2) is 0 Å². The maximum atomic E-state index is 5.45. The molecule has 0 aromatic rings. The van der Waals surface area contributed by atoms with Crippen molar-refractivity contribution in [2.75, 3.05) is 11.1 Å². The summed E-state index contributed by atoms with van der Waals surface area (Å²) in [5.41, 5.74) is 5.45. The monoisotopic (exact) mass is 274 g/mol. The molecule has 0 aliphatic carbocycles. The Kier molecular flexibility index (Phi) is 4.97. The molecular weight excluding hydrogens is 268 g/mol. The lowest BCUT2D eigenvalue weighted by Gasteiger charge is -1.91. The van der Waals surface area contributed by atoms with Crippen LogP contribution in [-0.2, 0) is 0 Å². The number of thioether (sulfide) groups is 1. The highest BCUT2D eigenvalue weighted by Gasteiger charge is 2.18. The lowest BCUT2D eigenvalue weighted by Crippen LogP contribution is -3.00. The topological polar surface area (TPSA) is 40.0 Å². The van der Waals surface area contributed by atoms with E-state index in [2.05, 4.69) is 20.9 Å². The van der Waals surface area contributed by atoms with Crippen molar-refractivity contribution in [3.05, 3.63) is 0 Å². The fourth-order valence-electron chi connectivity index (χ4n) is 0.558. The third kappa shape index (κ3) is 2.91. The highest BCUT2D eigenvalue weighted by Crippen LogP contribution is 2.03. The van der Waals surface area contributed by atoms with Gasteiger partial charge in [0.2, 0.25) is 0 Å². The highest BCUT2D eigenvalue weighted by atomic mass is 79.9. The van der Waals surface area contributed by atoms with Crippen LogP contribution in [0.25, 0.3) is 0 Å². The number of halogens is 2. The zero-order chi connectivity index (χ0) is 5.98. The summed E-state index contributed by atoms with van der Waals surface area (Å²) in [4.78, 5) is 3.11. The van der Waals surface area contributed by atoms with Gasteiger partial charge in [0.25, 0.3) is 0 Å². The van der Waals surface area contributed by atoms with Crippen molar-refractivity contribution in [2.45, 2.75) is 6.04 Å². The molecule has 0 aromatic carbocycles. The molecule has 0 saturated carbocycles. The molecule has 1 heterocycles.